The Bertz CT molecular complexity index is 474. The molecule has 1 aromatic heterocycles. The van der Waals surface area contributed by atoms with Crippen LogP contribution in [0, 0.1) is 0 Å². The van der Waals surface area contributed by atoms with Crippen LogP contribution in [0.15, 0.2) is 42.7 Å². The number of nitrogens with two attached hydrogens (primary N) is 1. The van der Waals surface area contributed by atoms with E-state index < -0.39 is 0 Å². The van der Waals surface area contributed by atoms with Crippen molar-refractivity contribution in [1.82, 2.24) is 4.98 Å². The van der Waals surface area contributed by atoms with E-state index in [4.69, 9.17) is 22.1 Å². The summed E-state index contributed by atoms with van der Waals surface area (Å²) >= 11 is 5.88. The maximum Gasteiger partial charge on any atom is 0.121 e. The maximum atomic E-state index is 5.88. The van der Waals surface area contributed by atoms with Gasteiger partial charge in [-0.05, 0) is 18.2 Å². The molecule has 82 valence electrons. The van der Waals surface area contributed by atoms with Gasteiger partial charge in [-0.25, -0.2) is 0 Å². The Morgan fingerprint density at radius 2 is 2.19 bits per heavy atom. The third kappa shape index (κ3) is 2.64. The zero-order chi connectivity index (χ0) is 11.4. The molecule has 0 radical (unpaired) electrons. The lowest BCUT2D eigenvalue weighted by Gasteiger charge is -2.07. The van der Waals surface area contributed by atoms with Gasteiger partial charge < -0.3 is 10.5 Å². The van der Waals surface area contributed by atoms with E-state index in [0.717, 1.165) is 5.56 Å². The number of aromatic nitrogens is 1. The van der Waals surface area contributed by atoms with Crippen LogP contribution in [0.5, 0.6) is 5.75 Å². The Morgan fingerprint density at radius 1 is 1.31 bits per heavy atom. The highest BCUT2D eigenvalue weighted by Crippen LogP contribution is 2.24. The molecule has 2 rings (SSSR count). The summed E-state index contributed by atoms with van der Waals surface area (Å²) in [5.41, 5.74) is 7.16. The molecule has 2 N–H and O–H groups in total. The van der Waals surface area contributed by atoms with Crippen LogP contribution in [0.1, 0.15) is 5.56 Å². The number of hydrogen-bond donors (Lipinski definition) is 1. The Morgan fingerprint density at radius 3 is 2.88 bits per heavy atom. The normalized spacial score (nSPS) is 10.1. The Labute approximate surface area is 98.8 Å². The monoisotopic (exact) mass is 234 g/mol. The molecule has 0 bridgehead atoms. The number of halogens is 1. The Balaban J connectivity index is 2.03. The summed E-state index contributed by atoms with van der Waals surface area (Å²) in [4.78, 5) is 4.00. The predicted octanol–water partition coefficient (Wildman–Crippen LogP) is 2.90. The van der Waals surface area contributed by atoms with Gasteiger partial charge in [0.05, 0.1) is 10.7 Å². The van der Waals surface area contributed by atoms with Crippen molar-refractivity contribution in [1.29, 1.82) is 0 Å². The number of pyridine rings is 1. The molecule has 0 spiro atoms. The molecule has 0 aliphatic rings. The van der Waals surface area contributed by atoms with Crippen molar-refractivity contribution in [3.63, 3.8) is 0 Å². The predicted molar refractivity (Wildman–Crippen MR) is 64.4 cm³/mol. The molecular weight excluding hydrogens is 224 g/mol. The molecule has 4 heteroatoms. The molecule has 0 saturated heterocycles. The van der Waals surface area contributed by atoms with E-state index in [1.54, 1.807) is 30.6 Å². The van der Waals surface area contributed by atoms with E-state index in [9.17, 15) is 0 Å². The molecule has 0 amide bonds. The quantitative estimate of drug-likeness (QED) is 0.831. The largest absolute Gasteiger partial charge is 0.489 e. The van der Waals surface area contributed by atoms with E-state index in [2.05, 4.69) is 4.98 Å². The summed E-state index contributed by atoms with van der Waals surface area (Å²) < 4.78 is 5.55. The van der Waals surface area contributed by atoms with E-state index in [-0.39, 0.29) is 0 Å². The molecular formula is C12H11ClN2O. The zero-order valence-corrected chi connectivity index (χ0v) is 9.32. The van der Waals surface area contributed by atoms with E-state index in [1.165, 1.54) is 0 Å². The molecule has 0 fully saturated rings. The standard InChI is InChI=1S/C12H11ClN2O/c13-11-6-10(3-4-12(11)14)16-8-9-2-1-5-15-7-9/h1-7H,8,14H2. The molecule has 0 atom stereocenters. The van der Waals surface area contributed by atoms with E-state index >= 15 is 0 Å². The minimum absolute atomic E-state index is 0.466. The summed E-state index contributed by atoms with van der Waals surface area (Å²) in [5.74, 6) is 0.697. The molecule has 1 heterocycles. The first kappa shape index (κ1) is 10.8. The fraction of sp³-hybridized carbons (Fsp3) is 0.0833. The van der Waals surface area contributed by atoms with Gasteiger partial charge in [-0.3, -0.25) is 4.98 Å². The van der Waals surface area contributed by atoms with Gasteiger partial charge in [-0.1, -0.05) is 17.7 Å². The number of nitrogens with zero attached hydrogens (tertiary/aromatic N) is 1. The van der Waals surface area contributed by atoms with Gasteiger partial charge in [0.1, 0.15) is 12.4 Å². The van der Waals surface area contributed by atoms with Crippen LogP contribution in [-0.2, 0) is 6.61 Å². The first-order valence-corrected chi connectivity index (χ1v) is 5.20. The second kappa shape index (κ2) is 4.86. The molecule has 1 aromatic carbocycles. The second-order valence-corrected chi connectivity index (χ2v) is 3.74. The number of nitrogen functional groups attached to an aromatic ring is 1. The van der Waals surface area contributed by atoms with Crippen molar-refractivity contribution in [3.05, 3.63) is 53.3 Å². The summed E-state index contributed by atoms with van der Waals surface area (Å²) in [7, 11) is 0. The van der Waals surface area contributed by atoms with Gasteiger partial charge in [-0.15, -0.1) is 0 Å². The van der Waals surface area contributed by atoms with E-state index in [1.807, 2.05) is 12.1 Å². The fourth-order valence-corrected chi connectivity index (χ4v) is 1.42. The van der Waals surface area contributed by atoms with Crippen molar-refractivity contribution in [3.8, 4) is 5.75 Å². The van der Waals surface area contributed by atoms with Crippen molar-refractivity contribution in [2.45, 2.75) is 6.61 Å². The number of benzene rings is 1. The molecule has 0 aliphatic heterocycles. The Hall–Kier alpha value is -1.74. The minimum atomic E-state index is 0.466. The third-order valence-corrected chi connectivity index (χ3v) is 2.43. The Kier molecular flexibility index (Phi) is 3.27. The van der Waals surface area contributed by atoms with Crippen LogP contribution >= 0.6 is 11.6 Å². The summed E-state index contributed by atoms with van der Waals surface area (Å²) in [5, 5.41) is 0.503. The smallest absolute Gasteiger partial charge is 0.121 e. The lowest BCUT2D eigenvalue weighted by Crippen LogP contribution is -1.96. The first-order chi connectivity index (χ1) is 7.75. The molecule has 2 aromatic rings. The molecule has 0 unspecified atom stereocenters. The average molecular weight is 235 g/mol. The zero-order valence-electron chi connectivity index (χ0n) is 8.56. The van der Waals surface area contributed by atoms with Gasteiger partial charge in [0.25, 0.3) is 0 Å². The number of anilines is 1. The van der Waals surface area contributed by atoms with Crippen molar-refractivity contribution in [2.75, 3.05) is 5.73 Å². The van der Waals surface area contributed by atoms with Gasteiger partial charge in [0.15, 0.2) is 0 Å². The van der Waals surface area contributed by atoms with Crippen molar-refractivity contribution in [2.24, 2.45) is 0 Å². The topological polar surface area (TPSA) is 48.1 Å². The lowest BCUT2D eigenvalue weighted by atomic mass is 10.3. The van der Waals surface area contributed by atoms with Crippen LogP contribution in [0.3, 0.4) is 0 Å². The number of ether oxygens (including phenoxy) is 1. The van der Waals surface area contributed by atoms with Crippen LogP contribution in [0.4, 0.5) is 5.69 Å². The van der Waals surface area contributed by atoms with Crippen molar-refractivity contribution < 1.29 is 4.74 Å². The van der Waals surface area contributed by atoms with Gasteiger partial charge >= 0.3 is 0 Å². The SMILES string of the molecule is Nc1ccc(OCc2cccnc2)cc1Cl. The maximum absolute atomic E-state index is 5.88. The van der Waals surface area contributed by atoms with Gasteiger partial charge in [0.2, 0.25) is 0 Å². The van der Waals surface area contributed by atoms with Crippen LogP contribution < -0.4 is 10.5 Å². The highest BCUT2D eigenvalue weighted by molar-refractivity contribution is 6.33. The molecule has 0 aliphatic carbocycles. The van der Waals surface area contributed by atoms with Crippen molar-refractivity contribution >= 4 is 17.3 Å². The highest BCUT2D eigenvalue weighted by atomic mass is 35.5. The summed E-state index contributed by atoms with van der Waals surface area (Å²) in [6.45, 7) is 0.466. The number of hydrogen-bond acceptors (Lipinski definition) is 3. The summed E-state index contributed by atoms with van der Waals surface area (Å²) in [6.07, 6.45) is 3.49. The van der Waals surface area contributed by atoms with Crippen LogP contribution in [-0.4, -0.2) is 4.98 Å². The second-order valence-electron chi connectivity index (χ2n) is 3.33. The first-order valence-electron chi connectivity index (χ1n) is 4.82. The average Bonchev–Trinajstić information content (AvgIpc) is 2.32. The van der Waals surface area contributed by atoms with E-state index in [0.29, 0.717) is 23.1 Å². The van der Waals surface area contributed by atoms with Gasteiger partial charge in [-0.2, -0.15) is 0 Å². The lowest BCUT2D eigenvalue weighted by molar-refractivity contribution is 0.306. The van der Waals surface area contributed by atoms with Crippen LogP contribution in [0.2, 0.25) is 5.02 Å². The number of rotatable bonds is 3. The van der Waals surface area contributed by atoms with Gasteiger partial charge in [0, 0.05) is 24.0 Å². The summed E-state index contributed by atoms with van der Waals surface area (Å²) in [6, 6.07) is 9.03. The van der Waals surface area contributed by atoms with Crippen LogP contribution in [0.25, 0.3) is 0 Å². The molecule has 16 heavy (non-hydrogen) atoms. The molecule has 3 nitrogen and oxygen atoms in total. The fourth-order valence-electron chi connectivity index (χ4n) is 1.25. The molecule has 0 saturated carbocycles. The third-order valence-electron chi connectivity index (χ3n) is 2.10. The highest BCUT2D eigenvalue weighted by Gasteiger charge is 1.99. The minimum Gasteiger partial charge on any atom is -0.489 e.